The van der Waals surface area contributed by atoms with Gasteiger partial charge in [0.25, 0.3) is 5.91 Å². The second-order valence-corrected chi connectivity index (χ2v) is 6.97. The lowest BCUT2D eigenvalue weighted by molar-refractivity contribution is -0.128. The van der Waals surface area contributed by atoms with Gasteiger partial charge < -0.3 is 14.5 Å². The summed E-state index contributed by atoms with van der Waals surface area (Å²) in [6.45, 7) is 1.31. The van der Waals surface area contributed by atoms with E-state index in [-0.39, 0.29) is 18.3 Å². The molecular weight excluding hydrogens is 366 g/mol. The predicted octanol–water partition coefficient (Wildman–Crippen LogP) is 4.28. The van der Waals surface area contributed by atoms with Gasteiger partial charge in [-0.2, -0.15) is 0 Å². The summed E-state index contributed by atoms with van der Waals surface area (Å²) in [5, 5.41) is 4.70. The number of ether oxygens (including phenoxy) is 1. The minimum Gasteiger partial charge on any atom is -0.484 e. The van der Waals surface area contributed by atoms with Crippen molar-refractivity contribution in [3.05, 3.63) is 78.4 Å². The average molecular weight is 387 g/mol. The van der Waals surface area contributed by atoms with E-state index in [1.807, 2.05) is 66.7 Å². The minimum atomic E-state index is -0.575. The van der Waals surface area contributed by atoms with Crippen LogP contribution >= 0.6 is 0 Å². The van der Waals surface area contributed by atoms with Crippen LogP contribution in [0.2, 0.25) is 0 Å². The van der Waals surface area contributed by atoms with E-state index < -0.39 is 6.04 Å². The fourth-order valence-corrected chi connectivity index (χ4v) is 3.33. The Bertz CT molecular complexity index is 1160. The standard InChI is InChI=1S/C24H21NO4/c1-16(26)21(13-17-7-3-2-4-8-17)25-24(27)15-28-18-11-12-23-20(14-18)19-9-5-6-10-22(19)29-23/h2-12,14,21H,13,15H2,1H3,(H,25,27)/t21-/m1/s1. The highest BCUT2D eigenvalue weighted by Gasteiger charge is 2.18. The molecule has 4 rings (SSSR count). The number of para-hydroxylation sites is 1. The van der Waals surface area contributed by atoms with E-state index in [2.05, 4.69) is 5.32 Å². The number of Topliss-reactive ketones (excluding diaryl/α,β-unsaturated/α-hetero) is 1. The quantitative estimate of drug-likeness (QED) is 0.514. The Morgan fingerprint density at radius 3 is 2.45 bits per heavy atom. The average Bonchev–Trinajstić information content (AvgIpc) is 3.10. The number of nitrogens with one attached hydrogen (secondary N) is 1. The molecule has 0 spiro atoms. The highest BCUT2D eigenvalue weighted by atomic mass is 16.5. The molecule has 0 aliphatic carbocycles. The zero-order valence-electron chi connectivity index (χ0n) is 16.1. The number of amides is 1. The van der Waals surface area contributed by atoms with E-state index in [9.17, 15) is 9.59 Å². The van der Waals surface area contributed by atoms with Crippen LogP contribution in [0.3, 0.4) is 0 Å². The van der Waals surface area contributed by atoms with Gasteiger partial charge in [0.05, 0.1) is 6.04 Å². The third kappa shape index (κ3) is 4.29. The highest BCUT2D eigenvalue weighted by Crippen LogP contribution is 2.31. The predicted molar refractivity (Wildman–Crippen MR) is 112 cm³/mol. The molecule has 146 valence electrons. The molecule has 1 heterocycles. The number of rotatable bonds is 7. The van der Waals surface area contributed by atoms with Gasteiger partial charge in [0.1, 0.15) is 16.9 Å². The molecule has 3 aromatic carbocycles. The van der Waals surface area contributed by atoms with E-state index in [1.165, 1.54) is 6.92 Å². The van der Waals surface area contributed by atoms with Crippen molar-refractivity contribution in [1.29, 1.82) is 0 Å². The van der Waals surface area contributed by atoms with Crippen LogP contribution in [0.1, 0.15) is 12.5 Å². The number of hydrogen-bond donors (Lipinski definition) is 1. The first-order chi connectivity index (χ1) is 14.1. The Kier molecular flexibility index (Phi) is 5.29. The molecule has 1 aromatic heterocycles. The molecular formula is C24H21NO4. The number of furan rings is 1. The van der Waals surface area contributed by atoms with E-state index in [0.29, 0.717) is 12.2 Å². The monoisotopic (exact) mass is 387 g/mol. The highest BCUT2D eigenvalue weighted by molar-refractivity contribution is 6.05. The molecule has 1 atom stereocenters. The Balaban J connectivity index is 1.42. The maximum Gasteiger partial charge on any atom is 0.258 e. The molecule has 5 nitrogen and oxygen atoms in total. The van der Waals surface area contributed by atoms with E-state index >= 15 is 0 Å². The topological polar surface area (TPSA) is 68.5 Å². The SMILES string of the molecule is CC(=O)[C@@H](Cc1ccccc1)NC(=O)COc1ccc2oc3ccccc3c2c1. The number of carbonyl (C=O) groups is 2. The van der Waals surface area contributed by atoms with Crippen molar-refractivity contribution in [3.8, 4) is 5.75 Å². The van der Waals surface area contributed by atoms with Crippen molar-refractivity contribution in [2.24, 2.45) is 0 Å². The molecule has 0 aliphatic heterocycles. The minimum absolute atomic E-state index is 0.0894. The Labute approximate surface area is 168 Å². The van der Waals surface area contributed by atoms with Crippen molar-refractivity contribution in [2.45, 2.75) is 19.4 Å². The zero-order valence-corrected chi connectivity index (χ0v) is 16.1. The smallest absolute Gasteiger partial charge is 0.258 e. The molecule has 0 radical (unpaired) electrons. The van der Waals surface area contributed by atoms with E-state index in [4.69, 9.17) is 9.15 Å². The van der Waals surface area contributed by atoms with Crippen molar-refractivity contribution in [3.63, 3.8) is 0 Å². The van der Waals surface area contributed by atoms with E-state index in [1.54, 1.807) is 6.07 Å². The Morgan fingerprint density at radius 2 is 1.66 bits per heavy atom. The summed E-state index contributed by atoms with van der Waals surface area (Å²) in [7, 11) is 0. The third-order valence-electron chi connectivity index (χ3n) is 4.83. The largest absolute Gasteiger partial charge is 0.484 e. The molecule has 0 saturated carbocycles. The number of benzene rings is 3. The summed E-state index contributed by atoms with van der Waals surface area (Å²) in [4.78, 5) is 24.3. The zero-order chi connectivity index (χ0) is 20.2. The van der Waals surface area contributed by atoms with Crippen LogP contribution in [0.5, 0.6) is 5.75 Å². The van der Waals surface area contributed by atoms with Crippen LogP contribution in [0.4, 0.5) is 0 Å². The van der Waals surface area contributed by atoms with E-state index in [0.717, 1.165) is 27.5 Å². The summed E-state index contributed by atoms with van der Waals surface area (Å²) in [5.74, 6) is 0.147. The van der Waals surface area contributed by atoms with Gasteiger partial charge in [-0.25, -0.2) is 0 Å². The summed E-state index contributed by atoms with van der Waals surface area (Å²) < 4.78 is 11.5. The van der Waals surface area contributed by atoms with Crippen LogP contribution in [-0.4, -0.2) is 24.3 Å². The van der Waals surface area contributed by atoms with Crippen LogP contribution in [0.25, 0.3) is 21.9 Å². The lowest BCUT2D eigenvalue weighted by Gasteiger charge is -2.16. The second kappa shape index (κ2) is 8.19. The summed E-state index contributed by atoms with van der Waals surface area (Å²) in [5.41, 5.74) is 2.57. The molecule has 29 heavy (non-hydrogen) atoms. The van der Waals surface area contributed by atoms with Gasteiger partial charge in [-0.1, -0.05) is 48.5 Å². The molecule has 4 aromatic rings. The first-order valence-electron chi connectivity index (χ1n) is 9.48. The van der Waals surface area contributed by atoms with Crippen LogP contribution in [0, 0.1) is 0 Å². The fraction of sp³-hybridized carbons (Fsp3) is 0.167. The molecule has 0 bridgehead atoms. The van der Waals surface area contributed by atoms with Crippen LogP contribution < -0.4 is 10.1 Å². The van der Waals surface area contributed by atoms with Gasteiger partial charge in [0.2, 0.25) is 0 Å². The lowest BCUT2D eigenvalue weighted by atomic mass is 10.0. The van der Waals surface area contributed by atoms with Crippen molar-refractivity contribution < 1.29 is 18.7 Å². The van der Waals surface area contributed by atoms with Crippen molar-refractivity contribution in [1.82, 2.24) is 5.32 Å². The van der Waals surface area contributed by atoms with Crippen LogP contribution in [0.15, 0.2) is 77.2 Å². The lowest BCUT2D eigenvalue weighted by Crippen LogP contribution is -2.43. The normalized spacial score (nSPS) is 12.0. The number of ketones is 1. The summed E-state index contributed by atoms with van der Waals surface area (Å²) >= 11 is 0. The molecule has 5 heteroatoms. The first kappa shape index (κ1) is 18.7. The molecule has 0 unspecified atom stereocenters. The maximum atomic E-state index is 12.3. The molecule has 1 amide bonds. The number of carbonyl (C=O) groups excluding carboxylic acids is 2. The third-order valence-corrected chi connectivity index (χ3v) is 4.83. The molecule has 0 aliphatic rings. The second-order valence-electron chi connectivity index (χ2n) is 6.97. The van der Waals surface area contributed by atoms with Gasteiger partial charge in [-0.05, 0) is 43.2 Å². The molecule has 0 saturated heterocycles. The number of hydrogen-bond acceptors (Lipinski definition) is 4. The van der Waals surface area contributed by atoms with Gasteiger partial charge in [0, 0.05) is 10.8 Å². The summed E-state index contributed by atoms with van der Waals surface area (Å²) in [6.07, 6.45) is 0.453. The first-order valence-corrected chi connectivity index (χ1v) is 9.48. The summed E-state index contributed by atoms with van der Waals surface area (Å²) in [6, 6.07) is 22.3. The van der Waals surface area contributed by atoms with Gasteiger partial charge >= 0.3 is 0 Å². The fourth-order valence-electron chi connectivity index (χ4n) is 3.33. The van der Waals surface area contributed by atoms with Gasteiger partial charge in [-0.15, -0.1) is 0 Å². The van der Waals surface area contributed by atoms with Crippen molar-refractivity contribution in [2.75, 3.05) is 6.61 Å². The van der Waals surface area contributed by atoms with Gasteiger partial charge in [-0.3, -0.25) is 9.59 Å². The Hall–Kier alpha value is -3.60. The van der Waals surface area contributed by atoms with Crippen molar-refractivity contribution >= 4 is 33.6 Å². The molecule has 1 N–H and O–H groups in total. The van der Waals surface area contributed by atoms with Gasteiger partial charge in [0.15, 0.2) is 12.4 Å². The molecule has 0 fully saturated rings. The van der Waals surface area contributed by atoms with Crippen LogP contribution in [-0.2, 0) is 16.0 Å². The number of fused-ring (bicyclic) bond motifs is 3. The Morgan fingerprint density at radius 1 is 0.931 bits per heavy atom. The maximum absolute atomic E-state index is 12.3.